The molecule has 0 aromatic heterocycles. The van der Waals surface area contributed by atoms with Crippen LogP contribution in [0.4, 0.5) is 0 Å². The SMILES string of the molecule is NC1CCCCC1C(NCC1CCC(N2C3CCCCC3C3CCC(C4CCCCC4O)C[C@@H]32)CC1)C1CCCCC1. The third-order valence-electron chi connectivity index (χ3n) is 14.8. The second-order valence-electron chi connectivity index (χ2n) is 16.9. The van der Waals surface area contributed by atoms with Gasteiger partial charge in [0.1, 0.15) is 0 Å². The fourth-order valence-electron chi connectivity index (χ4n) is 12.7. The minimum absolute atomic E-state index is 0.0130. The maximum atomic E-state index is 11.0. The highest BCUT2D eigenvalue weighted by Gasteiger charge is 2.54. The number of aliphatic hydroxyl groups excluding tert-OH is 1. The molecule has 0 amide bonds. The van der Waals surface area contributed by atoms with Crippen LogP contribution >= 0.6 is 0 Å². The van der Waals surface area contributed by atoms with Gasteiger partial charge in [0.05, 0.1) is 6.10 Å². The largest absolute Gasteiger partial charge is 0.393 e. The van der Waals surface area contributed by atoms with Crippen molar-refractivity contribution >= 4 is 0 Å². The molecule has 9 unspecified atom stereocenters. The molecule has 4 nitrogen and oxygen atoms in total. The number of rotatable bonds is 7. The van der Waals surface area contributed by atoms with Crippen molar-refractivity contribution in [3.8, 4) is 0 Å². The number of nitrogens with zero attached hydrogens (tertiary/aromatic N) is 1. The van der Waals surface area contributed by atoms with E-state index < -0.39 is 0 Å². The van der Waals surface area contributed by atoms with Gasteiger partial charge in [-0.1, -0.05) is 57.8 Å². The van der Waals surface area contributed by atoms with Gasteiger partial charge in [0.15, 0.2) is 0 Å². The number of nitrogens with two attached hydrogens (primary N) is 1. The minimum atomic E-state index is -0.0130. The van der Waals surface area contributed by atoms with Crippen molar-refractivity contribution < 1.29 is 5.11 Å². The molecule has 0 radical (unpaired) electrons. The third kappa shape index (κ3) is 6.41. The highest BCUT2D eigenvalue weighted by molar-refractivity contribution is 5.07. The highest BCUT2D eigenvalue weighted by atomic mass is 16.3. The first-order valence-corrected chi connectivity index (χ1v) is 19.6. The zero-order chi connectivity index (χ0) is 28.5. The molecule has 0 spiro atoms. The maximum absolute atomic E-state index is 11.0. The molecule has 1 heterocycles. The van der Waals surface area contributed by atoms with Crippen LogP contribution in [0.25, 0.3) is 0 Å². The van der Waals surface area contributed by atoms with Gasteiger partial charge in [0, 0.05) is 30.2 Å². The zero-order valence-corrected chi connectivity index (χ0v) is 27.2. The molecule has 42 heavy (non-hydrogen) atoms. The number of fused-ring (bicyclic) bond motifs is 3. The second-order valence-corrected chi connectivity index (χ2v) is 16.9. The summed E-state index contributed by atoms with van der Waals surface area (Å²) in [6, 6.07) is 3.64. The summed E-state index contributed by atoms with van der Waals surface area (Å²) in [4.78, 5) is 3.20. The van der Waals surface area contributed by atoms with Crippen LogP contribution in [0, 0.1) is 41.4 Å². The van der Waals surface area contributed by atoms with Gasteiger partial charge in [-0.25, -0.2) is 0 Å². The number of hydrogen-bond donors (Lipinski definition) is 3. The summed E-state index contributed by atoms with van der Waals surface area (Å²) in [6.45, 7) is 1.25. The first-order chi connectivity index (χ1) is 20.7. The average Bonchev–Trinajstić information content (AvgIpc) is 3.37. The van der Waals surface area contributed by atoms with Gasteiger partial charge in [0.25, 0.3) is 0 Å². The van der Waals surface area contributed by atoms with Gasteiger partial charge in [-0.05, 0) is 144 Å². The van der Waals surface area contributed by atoms with E-state index in [1.54, 1.807) is 0 Å². The quantitative estimate of drug-likeness (QED) is 0.287. The van der Waals surface area contributed by atoms with E-state index in [0.717, 1.165) is 54.1 Å². The van der Waals surface area contributed by atoms with E-state index in [4.69, 9.17) is 5.73 Å². The Bertz CT molecular complexity index is 836. The molecule has 1 aliphatic heterocycles. The van der Waals surface area contributed by atoms with Gasteiger partial charge in [0.2, 0.25) is 0 Å². The number of hydrogen-bond acceptors (Lipinski definition) is 4. The summed E-state index contributed by atoms with van der Waals surface area (Å²) >= 11 is 0. The molecule has 240 valence electrons. The van der Waals surface area contributed by atoms with Gasteiger partial charge in [-0.15, -0.1) is 0 Å². The standard InChI is InChI=1S/C38H67N3O/c39-34-15-7-4-14-33(34)38(27-10-2-1-3-11-27)40-25-26-18-21-29(22-19-26)41-35-16-8-5-13-31(35)32-23-20-28(24-36(32)41)30-12-6-9-17-37(30)42/h26-38,40,42H,1-25,39H2/t26?,28?,29?,30?,31?,32?,33?,34?,35?,36-,37?,38?/m0/s1. The summed E-state index contributed by atoms with van der Waals surface area (Å²) in [5, 5.41) is 15.2. The molecule has 0 bridgehead atoms. The molecular weight excluding hydrogens is 514 g/mol. The predicted molar refractivity (Wildman–Crippen MR) is 174 cm³/mol. The highest BCUT2D eigenvalue weighted by Crippen LogP contribution is 2.54. The van der Waals surface area contributed by atoms with Crippen molar-refractivity contribution in [1.29, 1.82) is 0 Å². The van der Waals surface area contributed by atoms with Gasteiger partial charge < -0.3 is 16.2 Å². The maximum Gasteiger partial charge on any atom is 0.0571 e. The van der Waals surface area contributed by atoms with Crippen LogP contribution in [0.15, 0.2) is 0 Å². The fraction of sp³-hybridized carbons (Fsp3) is 1.00. The lowest BCUT2D eigenvalue weighted by atomic mass is 9.65. The lowest BCUT2D eigenvalue weighted by Gasteiger charge is -2.47. The Morgan fingerprint density at radius 3 is 2.07 bits per heavy atom. The predicted octanol–water partition coefficient (Wildman–Crippen LogP) is 7.81. The van der Waals surface area contributed by atoms with Gasteiger partial charge in [-0.2, -0.15) is 0 Å². The average molecular weight is 582 g/mol. The normalized spacial score (nSPS) is 46.6. The fourth-order valence-corrected chi connectivity index (χ4v) is 12.7. The number of aliphatic hydroxyl groups is 1. The molecule has 7 aliphatic rings. The first kappa shape index (κ1) is 30.5. The Hall–Kier alpha value is -0.160. The molecule has 1 saturated heterocycles. The van der Waals surface area contributed by atoms with E-state index in [1.807, 2.05) is 0 Å². The second kappa shape index (κ2) is 14.1. The van der Waals surface area contributed by atoms with Crippen molar-refractivity contribution in [2.24, 2.45) is 47.2 Å². The molecule has 7 fully saturated rings. The Labute approximate surface area is 259 Å². The van der Waals surface area contributed by atoms with Gasteiger partial charge >= 0.3 is 0 Å². The third-order valence-corrected chi connectivity index (χ3v) is 14.8. The van der Waals surface area contributed by atoms with Crippen LogP contribution in [-0.2, 0) is 0 Å². The lowest BCUT2D eigenvalue weighted by molar-refractivity contribution is -0.00566. The molecule has 6 saturated carbocycles. The Morgan fingerprint density at radius 1 is 0.619 bits per heavy atom. The van der Waals surface area contributed by atoms with E-state index in [2.05, 4.69) is 10.2 Å². The lowest BCUT2D eigenvalue weighted by Crippen LogP contribution is -2.53. The molecule has 4 heteroatoms. The van der Waals surface area contributed by atoms with E-state index in [0.29, 0.717) is 23.9 Å². The molecule has 0 aromatic carbocycles. The van der Waals surface area contributed by atoms with Gasteiger partial charge in [-0.3, -0.25) is 4.90 Å². The van der Waals surface area contributed by atoms with E-state index in [9.17, 15) is 5.11 Å². The zero-order valence-electron chi connectivity index (χ0n) is 27.2. The molecule has 10 atom stereocenters. The van der Waals surface area contributed by atoms with Crippen molar-refractivity contribution in [1.82, 2.24) is 10.2 Å². The topological polar surface area (TPSA) is 61.5 Å². The van der Waals surface area contributed by atoms with Crippen LogP contribution in [0.2, 0.25) is 0 Å². The molecule has 0 aromatic rings. The van der Waals surface area contributed by atoms with Crippen LogP contribution in [-0.4, -0.2) is 52.9 Å². The van der Waals surface area contributed by atoms with Crippen LogP contribution < -0.4 is 11.1 Å². The summed E-state index contributed by atoms with van der Waals surface area (Å²) in [5.74, 6) is 5.77. The van der Waals surface area contributed by atoms with Crippen LogP contribution in [0.5, 0.6) is 0 Å². The van der Waals surface area contributed by atoms with Crippen molar-refractivity contribution in [3.63, 3.8) is 0 Å². The molecule has 7 rings (SSSR count). The first-order valence-electron chi connectivity index (χ1n) is 19.6. The molecular formula is C38H67N3O. The van der Waals surface area contributed by atoms with E-state index in [-0.39, 0.29) is 6.10 Å². The Kier molecular flexibility index (Phi) is 10.2. The van der Waals surface area contributed by atoms with Crippen molar-refractivity contribution in [2.75, 3.05) is 6.54 Å². The van der Waals surface area contributed by atoms with Crippen molar-refractivity contribution in [3.05, 3.63) is 0 Å². The summed E-state index contributed by atoms with van der Waals surface area (Å²) in [7, 11) is 0. The Morgan fingerprint density at radius 2 is 1.29 bits per heavy atom. The number of nitrogens with one attached hydrogen (secondary N) is 1. The molecule has 6 aliphatic carbocycles. The summed E-state index contributed by atoms with van der Waals surface area (Å²) in [5.41, 5.74) is 6.80. The Balaban J connectivity index is 0.981. The monoisotopic (exact) mass is 582 g/mol. The molecule has 4 N–H and O–H groups in total. The van der Waals surface area contributed by atoms with E-state index >= 15 is 0 Å². The van der Waals surface area contributed by atoms with Crippen LogP contribution in [0.1, 0.15) is 154 Å². The smallest absolute Gasteiger partial charge is 0.0571 e. The van der Waals surface area contributed by atoms with Crippen LogP contribution in [0.3, 0.4) is 0 Å². The minimum Gasteiger partial charge on any atom is -0.393 e. The van der Waals surface area contributed by atoms with E-state index in [1.165, 1.54) is 154 Å². The summed E-state index contributed by atoms with van der Waals surface area (Å²) < 4.78 is 0. The summed E-state index contributed by atoms with van der Waals surface area (Å²) in [6.07, 6.45) is 33.5. The number of likely N-dealkylation sites (tertiary alicyclic amines) is 1. The van der Waals surface area contributed by atoms with Crippen molar-refractivity contribution in [2.45, 2.75) is 190 Å².